The third-order valence-corrected chi connectivity index (χ3v) is 6.16. The summed E-state index contributed by atoms with van der Waals surface area (Å²) < 4.78 is 10.6. The van der Waals surface area contributed by atoms with Gasteiger partial charge in [-0.05, 0) is 42.0 Å². The Morgan fingerprint density at radius 2 is 1.53 bits per heavy atom. The molecule has 0 radical (unpaired) electrons. The van der Waals surface area contributed by atoms with Gasteiger partial charge in [0.1, 0.15) is 0 Å². The molecule has 1 aliphatic heterocycles. The zero-order chi connectivity index (χ0) is 20.9. The number of benzene rings is 3. The van der Waals surface area contributed by atoms with Crippen molar-refractivity contribution in [3.8, 4) is 11.5 Å². The first-order chi connectivity index (χ1) is 14.7. The minimum atomic E-state index is 0.0120. The predicted molar refractivity (Wildman–Crippen MR) is 120 cm³/mol. The number of rotatable bonds is 7. The molecule has 0 aromatic heterocycles. The average molecular weight is 421 g/mol. The third-order valence-electron chi connectivity index (χ3n) is 5.03. The Balaban J connectivity index is 1.41. The summed E-state index contributed by atoms with van der Waals surface area (Å²) in [6.07, 6.45) is 0.403. The highest BCUT2D eigenvalue weighted by atomic mass is 32.2. The summed E-state index contributed by atoms with van der Waals surface area (Å²) in [6, 6.07) is 22.3. The second-order valence-corrected chi connectivity index (χ2v) is 7.99. The highest BCUT2D eigenvalue weighted by molar-refractivity contribution is 7.99. The van der Waals surface area contributed by atoms with Crippen molar-refractivity contribution >= 4 is 29.0 Å². The number of hydrogen-bond acceptors (Lipinski definition) is 5. The molecule has 154 valence electrons. The van der Waals surface area contributed by atoms with Gasteiger partial charge in [-0.15, -0.1) is 0 Å². The van der Waals surface area contributed by atoms with Gasteiger partial charge >= 0.3 is 0 Å². The summed E-state index contributed by atoms with van der Waals surface area (Å²) >= 11 is 1.77. The molecule has 0 aliphatic carbocycles. The lowest BCUT2D eigenvalue weighted by atomic mass is 10.2. The summed E-state index contributed by atoms with van der Waals surface area (Å²) in [5, 5.41) is 3.01. The molecule has 3 aromatic carbocycles. The molecule has 0 spiro atoms. The van der Waals surface area contributed by atoms with Crippen LogP contribution in [0, 0.1) is 0 Å². The van der Waals surface area contributed by atoms with E-state index >= 15 is 0 Å². The van der Waals surface area contributed by atoms with Crippen molar-refractivity contribution < 1.29 is 14.3 Å². The van der Waals surface area contributed by atoms with E-state index in [-0.39, 0.29) is 5.91 Å². The fourth-order valence-electron chi connectivity index (χ4n) is 3.52. The number of carbonyl (C=O) groups is 1. The number of para-hydroxylation sites is 2. The molecule has 0 fully saturated rings. The second kappa shape index (κ2) is 9.13. The van der Waals surface area contributed by atoms with Gasteiger partial charge in [0.05, 0.1) is 25.6 Å². The summed E-state index contributed by atoms with van der Waals surface area (Å²) in [4.78, 5) is 17.2. The van der Waals surface area contributed by atoms with Crippen LogP contribution in [0.1, 0.15) is 12.0 Å². The fraction of sp³-hybridized carbons (Fsp3) is 0.208. The SMILES string of the molecule is COc1ccc(CNC(=O)CCN2c3ccccc3Sc3ccccc32)cc1OC. The fourth-order valence-corrected chi connectivity index (χ4v) is 4.61. The molecule has 0 atom stereocenters. The normalized spacial score (nSPS) is 12.0. The maximum atomic E-state index is 12.6. The molecule has 1 heterocycles. The lowest BCUT2D eigenvalue weighted by Crippen LogP contribution is -2.29. The van der Waals surface area contributed by atoms with Gasteiger partial charge in [-0.3, -0.25) is 4.79 Å². The molecule has 30 heavy (non-hydrogen) atoms. The van der Waals surface area contributed by atoms with Crippen LogP contribution in [0.5, 0.6) is 11.5 Å². The Kier molecular flexibility index (Phi) is 6.14. The maximum absolute atomic E-state index is 12.6. The zero-order valence-electron chi connectivity index (χ0n) is 17.1. The first kappa shape index (κ1) is 20.2. The average Bonchev–Trinajstić information content (AvgIpc) is 2.80. The Morgan fingerprint density at radius 3 is 2.17 bits per heavy atom. The Morgan fingerprint density at radius 1 is 0.900 bits per heavy atom. The zero-order valence-corrected chi connectivity index (χ0v) is 17.9. The lowest BCUT2D eigenvalue weighted by molar-refractivity contribution is -0.121. The van der Waals surface area contributed by atoms with Crippen molar-refractivity contribution in [2.24, 2.45) is 0 Å². The van der Waals surface area contributed by atoms with Crippen molar-refractivity contribution in [1.29, 1.82) is 0 Å². The second-order valence-electron chi connectivity index (χ2n) is 6.91. The minimum Gasteiger partial charge on any atom is -0.493 e. The number of carbonyl (C=O) groups excluding carboxylic acids is 1. The minimum absolute atomic E-state index is 0.0120. The van der Waals surface area contributed by atoms with E-state index in [2.05, 4.69) is 34.5 Å². The van der Waals surface area contributed by atoms with Crippen molar-refractivity contribution in [2.75, 3.05) is 25.7 Å². The molecular formula is C24H24N2O3S. The quantitative estimate of drug-likeness (QED) is 0.582. The molecule has 5 nitrogen and oxygen atoms in total. The van der Waals surface area contributed by atoms with Crippen LogP contribution in [0.2, 0.25) is 0 Å². The number of ether oxygens (including phenoxy) is 2. The van der Waals surface area contributed by atoms with Crippen LogP contribution in [-0.4, -0.2) is 26.7 Å². The molecule has 1 N–H and O–H groups in total. The van der Waals surface area contributed by atoms with E-state index in [9.17, 15) is 4.79 Å². The van der Waals surface area contributed by atoms with E-state index < -0.39 is 0 Å². The molecule has 6 heteroatoms. The first-order valence-electron chi connectivity index (χ1n) is 9.80. The van der Waals surface area contributed by atoms with Crippen molar-refractivity contribution in [3.05, 3.63) is 72.3 Å². The number of anilines is 2. The van der Waals surface area contributed by atoms with Gasteiger partial charge in [0, 0.05) is 29.3 Å². The van der Waals surface area contributed by atoms with Crippen LogP contribution in [0.3, 0.4) is 0 Å². The van der Waals surface area contributed by atoms with Crippen LogP contribution >= 0.6 is 11.8 Å². The standard InChI is InChI=1S/C24H24N2O3S/c1-28-20-12-11-17(15-21(20)29-2)16-25-24(27)13-14-26-18-7-3-5-9-22(18)30-23-10-6-4-8-19(23)26/h3-12,15H,13-14,16H2,1-2H3,(H,25,27). The summed E-state index contributed by atoms with van der Waals surface area (Å²) in [6.45, 7) is 1.06. The maximum Gasteiger partial charge on any atom is 0.222 e. The van der Waals surface area contributed by atoms with Crippen molar-refractivity contribution in [1.82, 2.24) is 5.32 Å². The summed E-state index contributed by atoms with van der Waals surface area (Å²) in [5.41, 5.74) is 3.26. The topological polar surface area (TPSA) is 50.8 Å². The Bertz CT molecular complexity index is 1010. The van der Waals surface area contributed by atoms with Gasteiger partial charge in [-0.2, -0.15) is 0 Å². The van der Waals surface area contributed by atoms with Crippen LogP contribution in [-0.2, 0) is 11.3 Å². The molecule has 0 bridgehead atoms. The van der Waals surface area contributed by atoms with Gasteiger partial charge in [0.25, 0.3) is 0 Å². The smallest absolute Gasteiger partial charge is 0.222 e. The highest BCUT2D eigenvalue weighted by Crippen LogP contribution is 2.47. The summed E-state index contributed by atoms with van der Waals surface area (Å²) in [5.74, 6) is 1.34. The molecule has 3 aromatic rings. The van der Waals surface area contributed by atoms with E-state index in [0.29, 0.717) is 31.0 Å². The van der Waals surface area contributed by atoms with Crippen LogP contribution in [0.25, 0.3) is 0 Å². The van der Waals surface area contributed by atoms with Gasteiger partial charge < -0.3 is 19.7 Å². The third kappa shape index (κ3) is 4.24. The van der Waals surface area contributed by atoms with Gasteiger partial charge in [0.2, 0.25) is 5.91 Å². The van der Waals surface area contributed by atoms with E-state index in [1.165, 1.54) is 9.79 Å². The van der Waals surface area contributed by atoms with Gasteiger partial charge in [-0.25, -0.2) is 0 Å². The molecule has 4 rings (SSSR count). The Labute approximate surface area is 181 Å². The number of hydrogen-bond donors (Lipinski definition) is 1. The summed E-state index contributed by atoms with van der Waals surface area (Å²) in [7, 11) is 3.21. The Hall–Kier alpha value is -3.12. The molecule has 0 saturated carbocycles. The first-order valence-corrected chi connectivity index (χ1v) is 10.6. The van der Waals surface area contributed by atoms with Gasteiger partial charge in [0.15, 0.2) is 11.5 Å². The number of methoxy groups -OCH3 is 2. The lowest BCUT2D eigenvalue weighted by Gasteiger charge is -2.32. The molecular weight excluding hydrogens is 396 g/mol. The molecule has 1 aliphatic rings. The number of nitrogens with zero attached hydrogens (tertiary/aromatic N) is 1. The van der Waals surface area contributed by atoms with E-state index in [0.717, 1.165) is 16.9 Å². The number of nitrogens with one attached hydrogen (secondary N) is 1. The largest absolute Gasteiger partial charge is 0.493 e. The molecule has 0 unspecified atom stereocenters. The van der Waals surface area contributed by atoms with E-state index in [4.69, 9.17) is 9.47 Å². The highest BCUT2D eigenvalue weighted by Gasteiger charge is 2.23. The van der Waals surface area contributed by atoms with Crippen molar-refractivity contribution in [2.45, 2.75) is 22.8 Å². The van der Waals surface area contributed by atoms with E-state index in [1.54, 1.807) is 26.0 Å². The molecule has 0 saturated heterocycles. The van der Waals surface area contributed by atoms with Crippen LogP contribution in [0.15, 0.2) is 76.5 Å². The predicted octanol–water partition coefficient (Wildman–Crippen LogP) is 5.01. The van der Waals surface area contributed by atoms with Crippen molar-refractivity contribution in [3.63, 3.8) is 0 Å². The van der Waals surface area contributed by atoms with Crippen LogP contribution < -0.4 is 19.7 Å². The van der Waals surface area contributed by atoms with Crippen LogP contribution in [0.4, 0.5) is 11.4 Å². The molecule has 1 amide bonds. The van der Waals surface area contributed by atoms with Gasteiger partial charge in [-0.1, -0.05) is 42.1 Å². The van der Waals surface area contributed by atoms with E-state index in [1.807, 2.05) is 42.5 Å². The number of fused-ring (bicyclic) bond motifs is 2. The number of amides is 1. The monoisotopic (exact) mass is 420 g/mol.